The Morgan fingerprint density at radius 3 is 2.75 bits per heavy atom. The van der Waals surface area contributed by atoms with E-state index in [1.54, 1.807) is 0 Å². The third-order valence-corrected chi connectivity index (χ3v) is 4.41. The number of likely N-dealkylation sites (tertiary alicyclic amines) is 1. The summed E-state index contributed by atoms with van der Waals surface area (Å²) in [6, 6.07) is 3.31. The highest BCUT2D eigenvalue weighted by Crippen LogP contribution is 2.12. The molecule has 0 aliphatic carbocycles. The highest BCUT2D eigenvalue weighted by atomic mass is 15.3. The van der Waals surface area contributed by atoms with E-state index in [0.717, 1.165) is 13.0 Å². The van der Waals surface area contributed by atoms with Gasteiger partial charge < -0.3 is 10.2 Å². The summed E-state index contributed by atoms with van der Waals surface area (Å²) < 4.78 is 2.08. The zero-order valence-corrected chi connectivity index (χ0v) is 13.3. The van der Waals surface area contributed by atoms with Crippen LogP contribution in [0.2, 0.25) is 0 Å². The van der Waals surface area contributed by atoms with Crippen molar-refractivity contribution in [3.8, 4) is 0 Å². The molecule has 1 aromatic heterocycles. The van der Waals surface area contributed by atoms with Crippen molar-refractivity contribution in [2.45, 2.75) is 65.1 Å². The maximum absolute atomic E-state index is 4.65. The molecule has 1 N–H and O–H groups in total. The Morgan fingerprint density at radius 2 is 2.10 bits per heavy atom. The molecule has 1 unspecified atom stereocenters. The van der Waals surface area contributed by atoms with E-state index in [4.69, 9.17) is 0 Å². The Labute approximate surface area is 123 Å². The average molecular weight is 278 g/mol. The van der Waals surface area contributed by atoms with Crippen LogP contribution >= 0.6 is 0 Å². The van der Waals surface area contributed by atoms with Gasteiger partial charge in [-0.1, -0.05) is 13.8 Å². The van der Waals surface area contributed by atoms with Crippen molar-refractivity contribution in [2.75, 3.05) is 19.6 Å². The number of hydrogen-bond donors (Lipinski definition) is 1. The summed E-state index contributed by atoms with van der Waals surface area (Å²) in [4.78, 5) is 2.58. The second kappa shape index (κ2) is 7.79. The predicted octanol–water partition coefficient (Wildman–Crippen LogP) is 2.82. The summed E-state index contributed by atoms with van der Waals surface area (Å²) in [5.41, 5.74) is 1.17. The number of piperidine rings is 1. The van der Waals surface area contributed by atoms with Gasteiger partial charge in [-0.05, 0) is 58.3 Å². The minimum absolute atomic E-state index is 0.501. The molecular weight excluding hydrogens is 248 g/mol. The van der Waals surface area contributed by atoms with Crippen LogP contribution in [0.1, 0.15) is 58.2 Å². The van der Waals surface area contributed by atoms with Gasteiger partial charge in [-0.25, -0.2) is 0 Å². The third kappa shape index (κ3) is 4.32. The van der Waals surface area contributed by atoms with Crippen LogP contribution in [-0.4, -0.2) is 40.4 Å². The van der Waals surface area contributed by atoms with Crippen LogP contribution in [-0.2, 0) is 6.54 Å². The van der Waals surface area contributed by atoms with Gasteiger partial charge in [0.1, 0.15) is 0 Å². The molecule has 0 saturated carbocycles. The van der Waals surface area contributed by atoms with Gasteiger partial charge >= 0.3 is 0 Å². The maximum atomic E-state index is 4.65. The fourth-order valence-electron chi connectivity index (χ4n) is 2.83. The second-order valence-corrected chi connectivity index (χ2v) is 6.04. The predicted molar refractivity (Wildman–Crippen MR) is 83.8 cm³/mol. The molecule has 0 spiro atoms. The number of aromatic nitrogens is 2. The number of nitrogens with one attached hydrogen (secondary N) is 1. The van der Waals surface area contributed by atoms with Crippen molar-refractivity contribution in [1.29, 1.82) is 0 Å². The Bertz CT molecular complexity index is 380. The Hall–Kier alpha value is -0.870. The van der Waals surface area contributed by atoms with E-state index in [1.165, 1.54) is 44.6 Å². The molecule has 0 bridgehead atoms. The largest absolute Gasteiger partial charge is 0.308 e. The lowest BCUT2D eigenvalue weighted by Crippen LogP contribution is -2.42. The van der Waals surface area contributed by atoms with Crippen LogP contribution in [0.3, 0.4) is 0 Å². The Kier molecular flexibility index (Phi) is 6.05. The van der Waals surface area contributed by atoms with Gasteiger partial charge in [0.05, 0.1) is 5.69 Å². The molecule has 0 aromatic carbocycles. The average Bonchev–Trinajstić information content (AvgIpc) is 2.95. The fourth-order valence-corrected chi connectivity index (χ4v) is 2.83. The molecule has 1 saturated heterocycles. The fraction of sp³-hybridized carbons (Fsp3) is 0.812. The third-order valence-electron chi connectivity index (χ3n) is 4.41. The molecule has 0 radical (unpaired) electrons. The van der Waals surface area contributed by atoms with E-state index in [1.807, 2.05) is 0 Å². The lowest BCUT2D eigenvalue weighted by atomic mass is 10.0. The van der Waals surface area contributed by atoms with Gasteiger partial charge in [0.15, 0.2) is 0 Å². The minimum Gasteiger partial charge on any atom is -0.308 e. The molecule has 4 nitrogen and oxygen atoms in total. The molecule has 4 heteroatoms. The van der Waals surface area contributed by atoms with Crippen molar-refractivity contribution >= 4 is 0 Å². The summed E-state index contributed by atoms with van der Waals surface area (Å²) >= 11 is 0. The summed E-state index contributed by atoms with van der Waals surface area (Å²) in [6.07, 6.45) is 7.04. The number of nitrogens with zero attached hydrogens (tertiary/aromatic N) is 3. The molecule has 0 amide bonds. The van der Waals surface area contributed by atoms with Crippen molar-refractivity contribution < 1.29 is 0 Å². The maximum Gasteiger partial charge on any atom is 0.0762 e. The Balaban J connectivity index is 1.72. The quantitative estimate of drug-likeness (QED) is 0.832. The highest BCUT2D eigenvalue weighted by molar-refractivity contribution is 4.99. The van der Waals surface area contributed by atoms with Crippen LogP contribution in [0.5, 0.6) is 0 Å². The number of rotatable bonds is 7. The van der Waals surface area contributed by atoms with Gasteiger partial charge in [-0.3, -0.25) is 4.68 Å². The van der Waals surface area contributed by atoms with E-state index in [2.05, 4.69) is 53.0 Å². The first-order valence-corrected chi connectivity index (χ1v) is 8.22. The summed E-state index contributed by atoms with van der Waals surface area (Å²) in [7, 11) is 0. The Morgan fingerprint density at radius 1 is 1.35 bits per heavy atom. The van der Waals surface area contributed by atoms with Crippen molar-refractivity contribution in [2.24, 2.45) is 0 Å². The van der Waals surface area contributed by atoms with Crippen LogP contribution < -0.4 is 5.32 Å². The van der Waals surface area contributed by atoms with E-state index in [9.17, 15) is 0 Å². The van der Waals surface area contributed by atoms with Crippen LogP contribution in [0.15, 0.2) is 12.3 Å². The normalized spacial score (nSPS) is 19.4. The van der Waals surface area contributed by atoms with Crippen LogP contribution in [0, 0.1) is 0 Å². The lowest BCUT2D eigenvalue weighted by molar-refractivity contribution is 0.197. The zero-order valence-electron chi connectivity index (χ0n) is 13.3. The first-order chi connectivity index (χ1) is 9.72. The van der Waals surface area contributed by atoms with Gasteiger partial charge in [0.25, 0.3) is 0 Å². The highest BCUT2D eigenvalue weighted by Gasteiger charge is 2.18. The van der Waals surface area contributed by atoms with E-state index in [0.29, 0.717) is 12.1 Å². The lowest BCUT2D eigenvalue weighted by Gasteiger charge is -2.32. The smallest absolute Gasteiger partial charge is 0.0762 e. The van der Waals surface area contributed by atoms with Crippen LogP contribution in [0.25, 0.3) is 0 Å². The summed E-state index contributed by atoms with van der Waals surface area (Å²) in [5, 5.41) is 8.32. The monoisotopic (exact) mass is 278 g/mol. The van der Waals surface area contributed by atoms with Gasteiger partial charge in [0.2, 0.25) is 0 Å². The summed E-state index contributed by atoms with van der Waals surface area (Å²) in [5.74, 6) is 0. The molecule has 1 aliphatic heterocycles. The zero-order chi connectivity index (χ0) is 14.4. The second-order valence-electron chi connectivity index (χ2n) is 6.04. The van der Waals surface area contributed by atoms with E-state index >= 15 is 0 Å². The molecule has 1 aromatic rings. The van der Waals surface area contributed by atoms with E-state index < -0.39 is 0 Å². The SMILES string of the molecule is CCCN1CCC(NCc2ccn(C(C)CC)n2)CC1. The van der Waals surface area contributed by atoms with E-state index in [-0.39, 0.29) is 0 Å². The first kappa shape index (κ1) is 15.5. The van der Waals surface area contributed by atoms with Gasteiger partial charge in [-0.15, -0.1) is 0 Å². The molecule has 1 fully saturated rings. The topological polar surface area (TPSA) is 33.1 Å². The molecule has 2 rings (SSSR count). The molecule has 20 heavy (non-hydrogen) atoms. The van der Waals surface area contributed by atoms with Gasteiger partial charge in [0, 0.05) is 24.8 Å². The standard InChI is InChI=1S/C16H30N4/c1-4-9-19-10-6-15(7-11-19)17-13-16-8-12-20(18-16)14(3)5-2/h8,12,14-15,17H,4-7,9-11,13H2,1-3H3. The van der Waals surface area contributed by atoms with Crippen LogP contribution in [0.4, 0.5) is 0 Å². The summed E-state index contributed by atoms with van der Waals surface area (Å²) in [6.45, 7) is 11.3. The molecule has 1 atom stereocenters. The molecule has 2 heterocycles. The number of hydrogen-bond acceptors (Lipinski definition) is 3. The molecular formula is C16H30N4. The van der Waals surface area contributed by atoms with Crippen molar-refractivity contribution in [1.82, 2.24) is 20.0 Å². The van der Waals surface area contributed by atoms with Crippen molar-refractivity contribution in [3.63, 3.8) is 0 Å². The van der Waals surface area contributed by atoms with Crippen molar-refractivity contribution in [3.05, 3.63) is 18.0 Å². The first-order valence-electron chi connectivity index (χ1n) is 8.22. The minimum atomic E-state index is 0.501. The van der Waals surface area contributed by atoms with Gasteiger partial charge in [-0.2, -0.15) is 5.10 Å². The molecule has 114 valence electrons. The molecule has 1 aliphatic rings.